The Morgan fingerprint density at radius 2 is 2.21 bits per heavy atom. The summed E-state index contributed by atoms with van der Waals surface area (Å²) < 4.78 is 0. The fraction of sp³-hybridized carbons (Fsp3) is 0.778. The monoisotopic (exact) mass is 200 g/mol. The number of carbonyl (C=O) groups is 2. The molecule has 80 valence electrons. The van der Waals surface area contributed by atoms with Gasteiger partial charge in [-0.1, -0.05) is 0 Å². The van der Waals surface area contributed by atoms with E-state index in [4.69, 9.17) is 5.11 Å². The zero-order valence-corrected chi connectivity index (χ0v) is 8.54. The Labute approximate surface area is 83.1 Å². The minimum atomic E-state index is -0.781. The average molecular weight is 200 g/mol. The highest BCUT2D eigenvalue weighted by molar-refractivity contribution is 5.78. The van der Waals surface area contributed by atoms with Crippen molar-refractivity contribution in [2.24, 2.45) is 5.41 Å². The van der Waals surface area contributed by atoms with Crippen LogP contribution >= 0.6 is 0 Å². The van der Waals surface area contributed by atoms with Crippen LogP contribution in [0.3, 0.4) is 0 Å². The predicted molar refractivity (Wildman–Crippen MR) is 50.9 cm³/mol. The van der Waals surface area contributed by atoms with Gasteiger partial charge in [-0.15, -0.1) is 0 Å². The number of likely N-dealkylation sites (N-methyl/N-ethyl adjacent to an activating group) is 1. The second-order valence-corrected chi connectivity index (χ2v) is 4.00. The smallest absolute Gasteiger partial charge is 0.310 e. The molecule has 0 aliphatic carbocycles. The van der Waals surface area contributed by atoms with E-state index in [1.807, 2.05) is 4.90 Å². The normalized spacial score (nSPS) is 27.6. The van der Waals surface area contributed by atoms with E-state index in [2.05, 4.69) is 5.32 Å². The van der Waals surface area contributed by atoms with Gasteiger partial charge in [0.25, 0.3) is 0 Å². The molecule has 1 heterocycles. The van der Waals surface area contributed by atoms with Crippen molar-refractivity contribution in [3.8, 4) is 0 Å². The van der Waals surface area contributed by atoms with Crippen LogP contribution in [-0.4, -0.2) is 48.6 Å². The van der Waals surface area contributed by atoms with Gasteiger partial charge in [0.05, 0.1) is 12.0 Å². The molecule has 0 bridgehead atoms. The first kappa shape index (κ1) is 11.0. The lowest BCUT2D eigenvalue weighted by Crippen LogP contribution is -2.37. The third-order valence-corrected chi connectivity index (χ3v) is 2.71. The molecule has 0 spiro atoms. The number of amides is 1. The molecule has 14 heavy (non-hydrogen) atoms. The van der Waals surface area contributed by atoms with E-state index in [0.717, 1.165) is 0 Å². The van der Waals surface area contributed by atoms with Crippen LogP contribution in [0.25, 0.3) is 0 Å². The first-order valence-corrected chi connectivity index (χ1v) is 4.64. The maximum atomic E-state index is 11.0. The largest absolute Gasteiger partial charge is 0.481 e. The molecule has 2 N–H and O–H groups in total. The van der Waals surface area contributed by atoms with Gasteiger partial charge in [-0.05, 0) is 19.9 Å². The van der Waals surface area contributed by atoms with Crippen LogP contribution in [0.5, 0.6) is 0 Å². The summed E-state index contributed by atoms with van der Waals surface area (Å²) in [4.78, 5) is 23.8. The number of likely N-dealkylation sites (tertiary alicyclic amines) is 1. The molecular formula is C9H16N2O3. The topological polar surface area (TPSA) is 69.6 Å². The van der Waals surface area contributed by atoms with Gasteiger partial charge in [0.2, 0.25) is 5.91 Å². The highest BCUT2D eigenvalue weighted by Crippen LogP contribution is 2.29. The Balaban J connectivity index is 2.49. The molecule has 1 amide bonds. The number of carbonyl (C=O) groups excluding carboxylic acids is 1. The van der Waals surface area contributed by atoms with Crippen LogP contribution in [0.15, 0.2) is 0 Å². The van der Waals surface area contributed by atoms with E-state index in [-0.39, 0.29) is 5.91 Å². The quantitative estimate of drug-likeness (QED) is 0.646. The molecule has 1 rings (SSSR count). The molecule has 1 saturated heterocycles. The molecular weight excluding hydrogens is 184 g/mol. The summed E-state index contributed by atoms with van der Waals surface area (Å²) in [6.07, 6.45) is 0.610. The highest BCUT2D eigenvalue weighted by Gasteiger charge is 2.40. The number of rotatable bonds is 3. The summed E-state index contributed by atoms with van der Waals surface area (Å²) in [5.41, 5.74) is -0.686. The minimum Gasteiger partial charge on any atom is -0.481 e. The zero-order valence-electron chi connectivity index (χ0n) is 8.54. The van der Waals surface area contributed by atoms with Crippen LogP contribution in [-0.2, 0) is 9.59 Å². The third-order valence-electron chi connectivity index (χ3n) is 2.71. The fourth-order valence-corrected chi connectivity index (χ4v) is 1.65. The van der Waals surface area contributed by atoms with Gasteiger partial charge in [-0.3, -0.25) is 14.5 Å². The highest BCUT2D eigenvalue weighted by atomic mass is 16.4. The third kappa shape index (κ3) is 2.23. The van der Waals surface area contributed by atoms with Crippen molar-refractivity contribution in [2.45, 2.75) is 13.3 Å². The zero-order chi connectivity index (χ0) is 10.8. The summed E-state index contributed by atoms with van der Waals surface area (Å²) in [5.74, 6) is -0.850. The van der Waals surface area contributed by atoms with Gasteiger partial charge in [-0.2, -0.15) is 0 Å². The number of nitrogens with one attached hydrogen (secondary N) is 1. The molecule has 1 atom stereocenters. The second-order valence-electron chi connectivity index (χ2n) is 4.00. The number of hydrogen-bond acceptors (Lipinski definition) is 3. The Morgan fingerprint density at radius 3 is 2.64 bits per heavy atom. The lowest BCUT2D eigenvalue weighted by molar-refractivity contribution is -0.147. The Hall–Kier alpha value is -1.10. The summed E-state index contributed by atoms with van der Waals surface area (Å²) >= 11 is 0. The molecule has 0 aromatic carbocycles. The maximum Gasteiger partial charge on any atom is 0.310 e. The summed E-state index contributed by atoms with van der Waals surface area (Å²) in [7, 11) is 1.58. The van der Waals surface area contributed by atoms with Crippen LogP contribution in [0.2, 0.25) is 0 Å². The van der Waals surface area contributed by atoms with Crippen molar-refractivity contribution in [3.63, 3.8) is 0 Å². The van der Waals surface area contributed by atoms with Crippen molar-refractivity contribution in [1.29, 1.82) is 0 Å². The molecule has 1 fully saturated rings. The molecule has 0 saturated carbocycles. The number of hydrogen-bond donors (Lipinski definition) is 2. The van der Waals surface area contributed by atoms with Crippen molar-refractivity contribution in [2.75, 3.05) is 26.7 Å². The molecule has 1 unspecified atom stereocenters. The summed E-state index contributed by atoms with van der Waals surface area (Å²) in [5, 5.41) is 11.5. The van der Waals surface area contributed by atoms with Gasteiger partial charge in [0.15, 0.2) is 0 Å². The van der Waals surface area contributed by atoms with Gasteiger partial charge in [0.1, 0.15) is 0 Å². The maximum absolute atomic E-state index is 11.0. The molecule has 5 nitrogen and oxygen atoms in total. The summed E-state index contributed by atoms with van der Waals surface area (Å²) in [6.45, 7) is 3.14. The number of carboxylic acid groups (broad SMARTS) is 1. The van der Waals surface area contributed by atoms with Crippen LogP contribution < -0.4 is 5.32 Å². The Kier molecular flexibility index (Phi) is 3.10. The van der Waals surface area contributed by atoms with E-state index >= 15 is 0 Å². The van der Waals surface area contributed by atoms with E-state index in [1.165, 1.54) is 0 Å². The lowest BCUT2D eigenvalue weighted by atomic mass is 9.90. The molecule has 0 radical (unpaired) electrons. The molecule has 1 aliphatic rings. The molecule has 5 heteroatoms. The standard InChI is InChI=1S/C9H16N2O3/c1-9(8(13)14)3-4-11(6-9)5-7(12)10-2/h3-6H2,1-2H3,(H,10,12)(H,13,14). The van der Waals surface area contributed by atoms with E-state index in [9.17, 15) is 9.59 Å². The lowest BCUT2D eigenvalue weighted by Gasteiger charge is -2.19. The Morgan fingerprint density at radius 1 is 1.57 bits per heavy atom. The summed E-state index contributed by atoms with van der Waals surface area (Å²) in [6, 6.07) is 0. The predicted octanol–water partition coefficient (Wildman–Crippen LogP) is -0.471. The van der Waals surface area contributed by atoms with E-state index < -0.39 is 11.4 Å². The Bertz CT molecular complexity index is 254. The van der Waals surface area contributed by atoms with Gasteiger partial charge in [-0.25, -0.2) is 0 Å². The van der Waals surface area contributed by atoms with Crippen molar-refractivity contribution >= 4 is 11.9 Å². The first-order valence-electron chi connectivity index (χ1n) is 4.64. The fourth-order valence-electron chi connectivity index (χ4n) is 1.65. The van der Waals surface area contributed by atoms with E-state index in [1.54, 1.807) is 14.0 Å². The second kappa shape index (κ2) is 3.96. The number of aliphatic carboxylic acids is 1. The minimum absolute atomic E-state index is 0.0698. The molecule has 1 aliphatic heterocycles. The van der Waals surface area contributed by atoms with Crippen molar-refractivity contribution in [1.82, 2.24) is 10.2 Å². The van der Waals surface area contributed by atoms with Gasteiger partial charge >= 0.3 is 5.97 Å². The number of nitrogens with zero attached hydrogens (tertiary/aromatic N) is 1. The van der Waals surface area contributed by atoms with Crippen molar-refractivity contribution in [3.05, 3.63) is 0 Å². The van der Waals surface area contributed by atoms with E-state index in [0.29, 0.717) is 26.1 Å². The van der Waals surface area contributed by atoms with Gasteiger partial charge < -0.3 is 10.4 Å². The molecule has 0 aromatic rings. The average Bonchev–Trinajstić information content (AvgIpc) is 2.49. The molecule has 0 aromatic heterocycles. The van der Waals surface area contributed by atoms with Crippen LogP contribution in [0, 0.1) is 5.41 Å². The van der Waals surface area contributed by atoms with Crippen LogP contribution in [0.4, 0.5) is 0 Å². The van der Waals surface area contributed by atoms with Crippen molar-refractivity contribution < 1.29 is 14.7 Å². The SMILES string of the molecule is CNC(=O)CN1CCC(C)(C(=O)O)C1. The van der Waals surface area contributed by atoms with Gasteiger partial charge in [0, 0.05) is 13.6 Å². The van der Waals surface area contributed by atoms with Crippen LogP contribution in [0.1, 0.15) is 13.3 Å². The first-order chi connectivity index (χ1) is 6.48. The number of carboxylic acids is 1.